The molecule has 2 aromatic carbocycles. The lowest BCUT2D eigenvalue weighted by molar-refractivity contribution is -0.280. The van der Waals surface area contributed by atoms with Crippen LogP contribution in [0.4, 0.5) is 26.3 Å². The number of alkyl halides is 5. The van der Waals surface area contributed by atoms with E-state index < -0.39 is 58.7 Å². The van der Waals surface area contributed by atoms with Crippen LogP contribution < -0.4 is 21.1 Å². The number of fused-ring (bicyclic) bond motifs is 1. The smallest absolute Gasteiger partial charge is 0.345 e. The van der Waals surface area contributed by atoms with Crippen molar-refractivity contribution in [3.63, 3.8) is 0 Å². The van der Waals surface area contributed by atoms with Crippen molar-refractivity contribution in [2.75, 3.05) is 0 Å². The van der Waals surface area contributed by atoms with Crippen LogP contribution in [-0.2, 0) is 18.2 Å². The van der Waals surface area contributed by atoms with E-state index in [0.717, 1.165) is 13.9 Å². The van der Waals surface area contributed by atoms with E-state index >= 15 is 0 Å². The zero-order valence-corrected chi connectivity index (χ0v) is 17.1. The summed E-state index contributed by atoms with van der Waals surface area (Å²) >= 11 is 0. The van der Waals surface area contributed by atoms with Gasteiger partial charge in [0.1, 0.15) is 55.4 Å². The molecule has 158 valence electrons. The molecule has 0 radical (unpaired) electrons. The number of ether oxygens (including phenoxy) is 1. The number of hydrogen-bond donors (Lipinski definition) is 1. The fraction of sp³-hybridized carbons (Fsp3) is 0.278. The van der Waals surface area contributed by atoms with Crippen molar-refractivity contribution in [1.82, 2.24) is 0 Å². The zero-order chi connectivity index (χ0) is 23.5. The van der Waals surface area contributed by atoms with E-state index in [9.17, 15) is 36.7 Å². The minimum absolute atomic E-state index is 0.0239. The third kappa shape index (κ3) is 2.84. The summed E-state index contributed by atoms with van der Waals surface area (Å²) in [7, 11) is 5.28. The van der Waals surface area contributed by atoms with Crippen LogP contribution in [0.15, 0.2) is 12.1 Å². The Hall–Kier alpha value is -2.47. The molecule has 0 fully saturated rings. The van der Waals surface area contributed by atoms with Gasteiger partial charge in [0.2, 0.25) is 0 Å². The van der Waals surface area contributed by atoms with Gasteiger partial charge in [-0.15, -0.1) is 0 Å². The molecule has 31 heavy (non-hydrogen) atoms. The van der Waals surface area contributed by atoms with E-state index in [1.54, 1.807) is 0 Å². The Kier molecular flexibility index (Phi) is 5.46. The van der Waals surface area contributed by atoms with Crippen LogP contribution >= 0.6 is 0 Å². The van der Waals surface area contributed by atoms with Crippen LogP contribution in [0.25, 0.3) is 0 Å². The van der Waals surface area contributed by atoms with Crippen LogP contribution in [0, 0.1) is 17.1 Å². The number of aliphatic hydroxyl groups is 1. The molecule has 0 saturated heterocycles. The van der Waals surface area contributed by atoms with E-state index in [4.69, 9.17) is 4.74 Å². The number of benzene rings is 2. The quantitative estimate of drug-likeness (QED) is 0.482. The summed E-state index contributed by atoms with van der Waals surface area (Å²) in [6.07, 6.45) is -0.811. The largest absolute Gasteiger partial charge is 0.458 e. The van der Waals surface area contributed by atoms with E-state index in [-0.39, 0.29) is 27.7 Å². The topological polar surface area (TPSA) is 53.2 Å². The highest BCUT2D eigenvalue weighted by molar-refractivity contribution is 6.47. The molecular formula is C18H15B4F6NO2. The maximum absolute atomic E-state index is 14.6. The standard InChI is InChI=1S/C18H15B4F6NO2/c19-5-16(30)10-6(3-23)9(2-1-8(10)17(25,26)18(16,27)28)31-15-12(21)7(4-29)11(20)14(24)13(15)22/h1-2,30H,3,5,19-22H2/t16-/m1/s1. The van der Waals surface area contributed by atoms with E-state index in [1.165, 1.54) is 23.5 Å². The van der Waals surface area contributed by atoms with Gasteiger partial charge in [0.05, 0.1) is 6.07 Å². The molecule has 1 aliphatic rings. The molecule has 0 aromatic heterocycles. The van der Waals surface area contributed by atoms with Crippen LogP contribution in [0.3, 0.4) is 0 Å². The van der Waals surface area contributed by atoms with Gasteiger partial charge in [0.25, 0.3) is 0 Å². The van der Waals surface area contributed by atoms with Crippen LogP contribution in [0.2, 0.25) is 6.32 Å². The first kappa shape index (κ1) is 23.2. The summed E-state index contributed by atoms with van der Waals surface area (Å²) in [6.45, 7) is -1.50. The van der Waals surface area contributed by atoms with Gasteiger partial charge < -0.3 is 9.84 Å². The second-order valence-electron chi connectivity index (χ2n) is 7.57. The van der Waals surface area contributed by atoms with Crippen molar-refractivity contribution in [1.29, 1.82) is 5.26 Å². The number of hydrogen-bond acceptors (Lipinski definition) is 3. The molecule has 1 atom stereocenters. The average molecular weight is 435 g/mol. The molecule has 0 amide bonds. The highest BCUT2D eigenvalue weighted by atomic mass is 19.3. The first-order valence-electron chi connectivity index (χ1n) is 9.39. The zero-order valence-electron chi connectivity index (χ0n) is 17.1. The lowest BCUT2D eigenvalue weighted by atomic mass is 9.74. The van der Waals surface area contributed by atoms with Crippen LogP contribution in [0.1, 0.15) is 22.3 Å². The van der Waals surface area contributed by atoms with Crippen molar-refractivity contribution in [2.45, 2.75) is 30.4 Å². The van der Waals surface area contributed by atoms with Crippen molar-refractivity contribution < 1.29 is 36.2 Å². The monoisotopic (exact) mass is 435 g/mol. The Balaban J connectivity index is 2.29. The second-order valence-corrected chi connectivity index (χ2v) is 7.57. The van der Waals surface area contributed by atoms with Crippen molar-refractivity contribution in [2.24, 2.45) is 0 Å². The van der Waals surface area contributed by atoms with Gasteiger partial charge in [0, 0.05) is 22.3 Å². The number of nitrogens with zero attached hydrogens (tertiary/aromatic N) is 1. The highest BCUT2D eigenvalue weighted by Gasteiger charge is 2.75. The number of rotatable bonds is 4. The van der Waals surface area contributed by atoms with Gasteiger partial charge in [-0.05, 0) is 34.8 Å². The molecule has 3 rings (SSSR count). The molecule has 0 aliphatic heterocycles. The van der Waals surface area contributed by atoms with Crippen LogP contribution in [-0.4, -0.2) is 42.4 Å². The molecule has 0 saturated carbocycles. The van der Waals surface area contributed by atoms with Gasteiger partial charge in [-0.1, -0.05) is 0 Å². The molecule has 0 spiro atoms. The molecule has 0 heterocycles. The summed E-state index contributed by atoms with van der Waals surface area (Å²) in [5.41, 5.74) is -5.90. The lowest BCUT2D eigenvalue weighted by Gasteiger charge is -2.32. The molecule has 1 aliphatic carbocycles. The minimum atomic E-state index is -4.88. The maximum atomic E-state index is 14.6. The number of halogens is 6. The summed E-state index contributed by atoms with van der Waals surface area (Å²) in [5.74, 6) is -10.9. The van der Waals surface area contributed by atoms with Crippen molar-refractivity contribution in [3.05, 3.63) is 40.2 Å². The molecule has 0 bridgehead atoms. The average Bonchev–Trinajstić information content (AvgIpc) is 2.85. The fourth-order valence-electron chi connectivity index (χ4n) is 4.17. The predicted molar refractivity (Wildman–Crippen MR) is 113 cm³/mol. The van der Waals surface area contributed by atoms with Gasteiger partial charge in [-0.25, -0.2) is 8.78 Å². The Morgan fingerprint density at radius 3 is 2.19 bits per heavy atom. The molecule has 0 unspecified atom stereocenters. The molecule has 3 nitrogen and oxygen atoms in total. The summed E-state index contributed by atoms with van der Waals surface area (Å²) in [6, 6.07) is 3.36. The normalized spacial score (nSPS) is 20.8. The van der Waals surface area contributed by atoms with Crippen molar-refractivity contribution in [3.8, 4) is 17.6 Å². The van der Waals surface area contributed by atoms with Crippen molar-refractivity contribution >= 4 is 47.8 Å². The summed E-state index contributed by atoms with van der Waals surface area (Å²) in [5, 5.41) is 19.9. The number of nitriles is 1. The van der Waals surface area contributed by atoms with Gasteiger partial charge >= 0.3 is 11.8 Å². The molecule has 2 aromatic rings. The highest BCUT2D eigenvalue weighted by Crippen LogP contribution is 2.63. The second kappa shape index (κ2) is 7.30. The minimum Gasteiger partial charge on any atom is -0.458 e. The molecular weight excluding hydrogens is 419 g/mol. The third-order valence-corrected chi connectivity index (χ3v) is 5.99. The van der Waals surface area contributed by atoms with Gasteiger partial charge in [0.15, 0.2) is 5.60 Å². The third-order valence-electron chi connectivity index (χ3n) is 5.99. The molecule has 1 N–H and O–H groups in total. The lowest BCUT2D eigenvalue weighted by Crippen LogP contribution is -2.48. The predicted octanol–water partition coefficient (Wildman–Crippen LogP) is -1.29. The van der Waals surface area contributed by atoms with Gasteiger partial charge in [-0.2, -0.15) is 22.8 Å². The maximum Gasteiger partial charge on any atom is 0.345 e. The van der Waals surface area contributed by atoms with Gasteiger partial charge in [-0.3, -0.25) is 0 Å². The molecule has 13 heteroatoms. The summed E-state index contributed by atoms with van der Waals surface area (Å²) < 4.78 is 92.1. The van der Waals surface area contributed by atoms with E-state index in [1.807, 2.05) is 6.07 Å². The Bertz CT molecular complexity index is 1140. The first-order chi connectivity index (χ1) is 14.3. The Labute approximate surface area is 178 Å². The Morgan fingerprint density at radius 1 is 1.06 bits per heavy atom. The SMILES string of the molecule is BC[C@@]1(O)c2c(ccc(Oc3c(B)c(F)c(B)c(C#N)c3B)c2CF)C(F)(F)C1(F)F. The summed E-state index contributed by atoms with van der Waals surface area (Å²) in [4.78, 5) is 0. The fourth-order valence-corrected chi connectivity index (χ4v) is 4.17. The Morgan fingerprint density at radius 2 is 1.68 bits per heavy atom. The van der Waals surface area contributed by atoms with Crippen LogP contribution in [0.5, 0.6) is 11.5 Å². The first-order valence-corrected chi connectivity index (χ1v) is 9.39. The van der Waals surface area contributed by atoms with E-state index in [0.29, 0.717) is 6.07 Å². The van der Waals surface area contributed by atoms with E-state index in [2.05, 4.69) is 0 Å².